The minimum atomic E-state index is -1.08. The smallest absolute Gasteiger partial charge is 0.392 e. The zero-order chi connectivity index (χ0) is 8.36. The third-order valence-electron chi connectivity index (χ3n) is 0.651. The van der Waals surface area contributed by atoms with E-state index in [2.05, 4.69) is 11.4 Å². The monoisotopic (exact) mass is 145 g/mol. The quantitative estimate of drug-likeness (QED) is 0.324. The van der Waals surface area contributed by atoms with Crippen LogP contribution in [-0.4, -0.2) is 24.9 Å². The Morgan fingerprint density at radius 1 is 1.60 bits per heavy atom. The van der Waals surface area contributed by atoms with Crippen LogP contribution < -0.4 is 0 Å². The Kier molecular flexibility index (Phi) is 2.56. The summed E-state index contributed by atoms with van der Waals surface area (Å²) >= 11 is 0. The van der Waals surface area contributed by atoms with Crippen molar-refractivity contribution in [1.29, 1.82) is 0 Å². The van der Waals surface area contributed by atoms with Crippen LogP contribution in [0.5, 0.6) is 0 Å². The highest BCUT2D eigenvalue weighted by Crippen LogP contribution is 1.99. The SMILES string of the molecule is C=C(C)C(=O)O[N+](C)(C)[O-]. The molecule has 0 aliphatic heterocycles. The molecule has 0 fully saturated rings. The van der Waals surface area contributed by atoms with Crippen molar-refractivity contribution in [3.8, 4) is 0 Å². The number of nitrogens with zero attached hydrogens (tertiary/aromatic N) is 1. The molecule has 0 bridgehead atoms. The van der Waals surface area contributed by atoms with Crippen molar-refractivity contribution < 1.29 is 14.4 Å². The fourth-order valence-electron chi connectivity index (χ4n) is 0.278. The van der Waals surface area contributed by atoms with E-state index in [-0.39, 0.29) is 5.57 Å². The molecule has 58 valence electrons. The van der Waals surface area contributed by atoms with Gasteiger partial charge in [-0.15, -0.1) is 0 Å². The second-order valence-electron chi connectivity index (χ2n) is 2.41. The van der Waals surface area contributed by atoms with Gasteiger partial charge in [0.15, 0.2) is 0 Å². The highest BCUT2D eigenvalue weighted by atomic mass is 16.9. The van der Waals surface area contributed by atoms with E-state index in [0.717, 1.165) is 0 Å². The lowest BCUT2D eigenvalue weighted by atomic mass is 10.4. The van der Waals surface area contributed by atoms with Gasteiger partial charge in [0.25, 0.3) is 0 Å². The number of hydrogen-bond acceptors (Lipinski definition) is 3. The highest BCUT2D eigenvalue weighted by Gasteiger charge is 2.11. The van der Waals surface area contributed by atoms with E-state index in [1.165, 1.54) is 21.0 Å². The summed E-state index contributed by atoms with van der Waals surface area (Å²) in [5, 5.41) is 10.7. The molecule has 0 amide bonds. The fourth-order valence-corrected chi connectivity index (χ4v) is 0.278. The molecule has 10 heavy (non-hydrogen) atoms. The van der Waals surface area contributed by atoms with Gasteiger partial charge in [0.05, 0.1) is 0 Å². The molecule has 0 aromatic heterocycles. The van der Waals surface area contributed by atoms with Crippen LogP contribution in [0.3, 0.4) is 0 Å². The molecule has 4 nitrogen and oxygen atoms in total. The standard InChI is InChI=1S/C6H11NO3/c1-5(2)6(8)10-7(3,4)9/h1H2,2-4H3. The zero-order valence-corrected chi connectivity index (χ0v) is 6.38. The van der Waals surface area contributed by atoms with Gasteiger partial charge in [-0.25, -0.2) is 4.79 Å². The molecule has 0 atom stereocenters. The topological polar surface area (TPSA) is 49.4 Å². The fraction of sp³-hybridized carbons (Fsp3) is 0.500. The van der Waals surface area contributed by atoms with Crippen molar-refractivity contribution >= 4 is 5.97 Å². The maximum Gasteiger partial charge on any atom is 0.392 e. The minimum absolute atomic E-state index is 0.224. The summed E-state index contributed by atoms with van der Waals surface area (Å²) in [7, 11) is 2.42. The molecule has 0 saturated carbocycles. The van der Waals surface area contributed by atoms with Crippen LogP contribution in [-0.2, 0) is 9.63 Å². The second kappa shape index (κ2) is 2.81. The van der Waals surface area contributed by atoms with Gasteiger partial charge in [0.2, 0.25) is 0 Å². The van der Waals surface area contributed by atoms with Crippen molar-refractivity contribution in [2.24, 2.45) is 0 Å². The predicted molar refractivity (Wildman–Crippen MR) is 36.4 cm³/mol. The highest BCUT2D eigenvalue weighted by molar-refractivity contribution is 5.86. The molecule has 0 N–H and O–H groups in total. The number of rotatable bonds is 2. The Hall–Kier alpha value is -0.870. The number of quaternary nitrogens is 1. The van der Waals surface area contributed by atoms with Crippen LogP contribution in [0, 0.1) is 5.21 Å². The van der Waals surface area contributed by atoms with Gasteiger partial charge >= 0.3 is 5.97 Å². The average Bonchev–Trinajstić information content (AvgIpc) is 1.60. The molecule has 4 heteroatoms. The van der Waals surface area contributed by atoms with Crippen molar-refractivity contribution in [2.75, 3.05) is 14.1 Å². The third-order valence-corrected chi connectivity index (χ3v) is 0.651. The van der Waals surface area contributed by atoms with Gasteiger partial charge in [-0.05, 0) is 6.92 Å². The number of hydrogen-bond donors (Lipinski definition) is 0. The molecule has 0 radical (unpaired) electrons. The van der Waals surface area contributed by atoms with Crippen LogP contribution in [0.15, 0.2) is 12.2 Å². The first-order valence-electron chi connectivity index (χ1n) is 2.77. The maximum absolute atomic E-state index is 10.7. The first kappa shape index (κ1) is 9.13. The summed E-state index contributed by atoms with van der Waals surface area (Å²) in [5.41, 5.74) is 0.224. The van der Waals surface area contributed by atoms with Gasteiger partial charge in [-0.3, -0.25) is 4.84 Å². The van der Waals surface area contributed by atoms with E-state index in [1.54, 1.807) is 0 Å². The average molecular weight is 145 g/mol. The molecular weight excluding hydrogens is 134 g/mol. The van der Waals surface area contributed by atoms with E-state index in [9.17, 15) is 10.0 Å². The van der Waals surface area contributed by atoms with Crippen LogP contribution in [0.4, 0.5) is 0 Å². The van der Waals surface area contributed by atoms with Crippen LogP contribution >= 0.6 is 0 Å². The first-order valence-corrected chi connectivity index (χ1v) is 2.77. The molecular formula is C6H11NO3. The largest absolute Gasteiger partial charge is 0.589 e. The van der Waals surface area contributed by atoms with Crippen molar-refractivity contribution in [3.05, 3.63) is 17.4 Å². The Balaban J connectivity index is 3.93. The van der Waals surface area contributed by atoms with Gasteiger partial charge in [-0.1, -0.05) is 6.58 Å². The Labute approximate surface area is 59.8 Å². The molecule has 0 unspecified atom stereocenters. The summed E-state index contributed by atoms with van der Waals surface area (Å²) in [5.74, 6) is -0.667. The maximum atomic E-state index is 10.7. The van der Waals surface area contributed by atoms with Crippen LogP contribution in [0.2, 0.25) is 0 Å². The van der Waals surface area contributed by atoms with Gasteiger partial charge < -0.3 is 5.21 Å². The van der Waals surface area contributed by atoms with E-state index in [0.29, 0.717) is 0 Å². The summed E-state index contributed by atoms with van der Waals surface area (Å²) in [6.07, 6.45) is 0. The number of carbonyl (C=O) groups excluding carboxylic acids is 1. The third kappa shape index (κ3) is 4.05. The molecule has 0 aliphatic rings. The van der Waals surface area contributed by atoms with E-state index in [1.807, 2.05) is 0 Å². The van der Waals surface area contributed by atoms with Gasteiger partial charge in [-0.2, -0.15) is 4.81 Å². The molecule has 0 saturated heterocycles. The van der Waals surface area contributed by atoms with Gasteiger partial charge in [0.1, 0.15) is 14.1 Å². The second-order valence-corrected chi connectivity index (χ2v) is 2.41. The summed E-state index contributed by atoms with van der Waals surface area (Å²) in [4.78, 5) is 13.9. The molecule has 0 rings (SSSR count). The summed E-state index contributed by atoms with van der Waals surface area (Å²) in [6.45, 7) is 4.80. The number of hydroxylamine groups is 4. The van der Waals surface area contributed by atoms with Crippen LogP contribution in [0.1, 0.15) is 6.92 Å². The lowest BCUT2D eigenvalue weighted by molar-refractivity contribution is -1.02. The molecule has 0 heterocycles. The molecule has 0 spiro atoms. The zero-order valence-electron chi connectivity index (χ0n) is 6.38. The molecule has 0 aromatic carbocycles. The summed E-state index contributed by atoms with van der Waals surface area (Å²) < 4.78 is 0. The normalized spacial score (nSPS) is 10.8. The van der Waals surface area contributed by atoms with Gasteiger partial charge in [0, 0.05) is 5.57 Å². The number of carbonyl (C=O) groups is 1. The van der Waals surface area contributed by atoms with Crippen molar-refractivity contribution in [1.82, 2.24) is 0 Å². The van der Waals surface area contributed by atoms with Crippen molar-refractivity contribution in [3.63, 3.8) is 0 Å². The van der Waals surface area contributed by atoms with Crippen molar-refractivity contribution in [2.45, 2.75) is 6.92 Å². The lowest BCUT2D eigenvalue weighted by Gasteiger charge is -2.28. The van der Waals surface area contributed by atoms with Crippen LogP contribution in [0.25, 0.3) is 0 Å². The summed E-state index contributed by atoms with van der Waals surface area (Å²) in [6, 6.07) is 0. The minimum Gasteiger partial charge on any atom is -0.589 e. The first-order chi connectivity index (χ1) is 4.33. The van der Waals surface area contributed by atoms with E-state index < -0.39 is 10.8 Å². The Morgan fingerprint density at radius 2 is 2.00 bits per heavy atom. The van der Waals surface area contributed by atoms with E-state index >= 15 is 0 Å². The lowest BCUT2D eigenvalue weighted by Crippen LogP contribution is -2.35. The molecule has 0 aliphatic carbocycles. The van der Waals surface area contributed by atoms with E-state index in [4.69, 9.17) is 0 Å². The molecule has 0 aromatic rings. The Morgan fingerprint density at radius 3 is 2.10 bits per heavy atom. The Bertz CT molecular complexity index is 157. The predicted octanol–water partition coefficient (Wildman–Crippen LogP) is 0.595.